The van der Waals surface area contributed by atoms with Crippen LogP contribution in [0.15, 0.2) is 0 Å². The lowest BCUT2D eigenvalue weighted by Gasteiger charge is -2.47. The fraction of sp³-hybridized carbons (Fsp3) is 1.00. The molecule has 0 amide bonds. The summed E-state index contributed by atoms with van der Waals surface area (Å²) in [6, 6.07) is 1.20. The molecule has 2 aliphatic heterocycles. The fourth-order valence-corrected chi connectivity index (χ4v) is 2.97. The van der Waals surface area contributed by atoms with Gasteiger partial charge < -0.3 is 9.85 Å². The summed E-state index contributed by atoms with van der Waals surface area (Å²) in [5.41, 5.74) is 0. The highest BCUT2D eigenvalue weighted by atomic mass is 16.6. The number of hydrogen-bond donors (Lipinski definition) is 0. The second-order valence-corrected chi connectivity index (χ2v) is 4.27. The molecule has 2 unspecified atom stereocenters. The van der Waals surface area contributed by atoms with Crippen LogP contribution in [-0.4, -0.2) is 22.8 Å². The maximum atomic E-state index is 12.3. The smallest absolute Gasteiger partial charge is 0.0896 e. The van der Waals surface area contributed by atoms with Gasteiger partial charge in [0.15, 0.2) is 0 Å². The van der Waals surface area contributed by atoms with E-state index in [9.17, 15) is 5.21 Å². The molecule has 0 radical (unpaired) electrons. The second-order valence-electron chi connectivity index (χ2n) is 4.27. The molecule has 2 heteroatoms. The third-order valence-electron chi connectivity index (χ3n) is 3.78. The van der Waals surface area contributed by atoms with Gasteiger partial charge in [0, 0.05) is 25.7 Å². The van der Waals surface area contributed by atoms with Crippen LogP contribution in [0.1, 0.15) is 39.5 Å². The average molecular weight is 155 g/mol. The SMILES string of the molecule is C[C@@H]1CCC2CC[C@H](C)[N+]21[O-]. The van der Waals surface area contributed by atoms with E-state index in [-0.39, 0.29) is 4.65 Å². The fourth-order valence-electron chi connectivity index (χ4n) is 2.97. The Morgan fingerprint density at radius 1 is 1.00 bits per heavy atom. The van der Waals surface area contributed by atoms with Crippen LogP contribution in [0.25, 0.3) is 0 Å². The largest absolute Gasteiger partial charge is 0.632 e. The van der Waals surface area contributed by atoms with Gasteiger partial charge in [-0.2, -0.15) is 0 Å². The normalized spacial score (nSPS) is 56.5. The molecule has 2 nitrogen and oxygen atoms in total. The Kier molecular flexibility index (Phi) is 1.52. The van der Waals surface area contributed by atoms with Crippen molar-refractivity contribution in [3.05, 3.63) is 5.21 Å². The summed E-state index contributed by atoms with van der Waals surface area (Å²) in [6.07, 6.45) is 4.65. The number of fused-ring (bicyclic) bond motifs is 1. The number of hydroxylamine groups is 3. The van der Waals surface area contributed by atoms with Crippen molar-refractivity contribution in [1.29, 1.82) is 0 Å². The number of hydrogen-bond acceptors (Lipinski definition) is 1. The van der Waals surface area contributed by atoms with Gasteiger partial charge in [-0.3, -0.25) is 0 Å². The van der Waals surface area contributed by atoms with Crippen molar-refractivity contribution in [2.24, 2.45) is 0 Å². The summed E-state index contributed by atoms with van der Waals surface area (Å²) in [7, 11) is 0. The van der Waals surface area contributed by atoms with Crippen molar-refractivity contribution >= 4 is 0 Å². The molecule has 0 N–H and O–H groups in total. The van der Waals surface area contributed by atoms with E-state index in [1.807, 2.05) is 0 Å². The first kappa shape index (κ1) is 7.56. The van der Waals surface area contributed by atoms with Gasteiger partial charge in [0.1, 0.15) is 0 Å². The Morgan fingerprint density at radius 2 is 1.45 bits per heavy atom. The summed E-state index contributed by atoms with van der Waals surface area (Å²) in [5.74, 6) is 0. The van der Waals surface area contributed by atoms with E-state index in [1.54, 1.807) is 0 Å². The zero-order valence-electron chi connectivity index (χ0n) is 7.42. The molecule has 2 fully saturated rings. The maximum absolute atomic E-state index is 12.3. The third-order valence-corrected chi connectivity index (χ3v) is 3.78. The third kappa shape index (κ3) is 0.798. The van der Waals surface area contributed by atoms with Crippen LogP contribution in [0, 0.1) is 5.21 Å². The zero-order valence-corrected chi connectivity index (χ0v) is 7.42. The minimum atomic E-state index is 0.139. The van der Waals surface area contributed by atoms with Crippen LogP contribution in [0.5, 0.6) is 0 Å². The van der Waals surface area contributed by atoms with Gasteiger partial charge in [0.2, 0.25) is 0 Å². The van der Waals surface area contributed by atoms with Crippen molar-refractivity contribution in [3.8, 4) is 0 Å². The molecule has 2 heterocycles. The van der Waals surface area contributed by atoms with Crippen molar-refractivity contribution in [2.45, 2.75) is 57.7 Å². The molecule has 0 aliphatic carbocycles. The molecule has 0 spiro atoms. The Hall–Kier alpha value is -0.0800. The van der Waals surface area contributed by atoms with Gasteiger partial charge in [-0.15, -0.1) is 0 Å². The first-order chi connectivity index (χ1) is 5.15. The molecule has 11 heavy (non-hydrogen) atoms. The van der Waals surface area contributed by atoms with Crippen molar-refractivity contribution in [3.63, 3.8) is 0 Å². The van der Waals surface area contributed by atoms with Gasteiger partial charge in [-0.25, -0.2) is 0 Å². The quantitative estimate of drug-likeness (QED) is 0.388. The minimum Gasteiger partial charge on any atom is -0.632 e. The Morgan fingerprint density at radius 3 is 1.82 bits per heavy atom. The number of quaternary nitrogens is 1. The second kappa shape index (κ2) is 2.20. The van der Waals surface area contributed by atoms with Crippen LogP contribution in [-0.2, 0) is 0 Å². The molecular weight excluding hydrogens is 138 g/mol. The summed E-state index contributed by atoms with van der Waals surface area (Å²) in [5, 5.41) is 12.3. The monoisotopic (exact) mass is 155 g/mol. The lowest BCUT2D eigenvalue weighted by molar-refractivity contribution is -0.922. The first-order valence-corrected chi connectivity index (χ1v) is 4.74. The molecular formula is C9H17NO. The van der Waals surface area contributed by atoms with Gasteiger partial charge >= 0.3 is 0 Å². The summed E-state index contributed by atoms with van der Waals surface area (Å²) in [4.78, 5) is 0. The molecule has 2 rings (SSSR count). The summed E-state index contributed by atoms with van der Waals surface area (Å²) in [6.45, 7) is 4.24. The average Bonchev–Trinajstić information content (AvgIpc) is 2.40. The Bertz CT molecular complexity index is 155. The molecule has 64 valence electrons. The Balaban J connectivity index is 2.27. The van der Waals surface area contributed by atoms with Gasteiger partial charge in [-0.05, 0) is 13.8 Å². The van der Waals surface area contributed by atoms with Crippen LogP contribution in [0.2, 0.25) is 0 Å². The van der Waals surface area contributed by atoms with E-state index in [2.05, 4.69) is 13.8 Å². The van der Waals surface area contributed by atoms with E-state index in [0.717, 1.165) is 12.8 Å². The molecule has 2 saturated heterocycles. The highest BCUT2D eigenvalue weighted by Crippen LogP contribution is 2.43. The van der Waals surface area contributed by atoms with Gasteiger partial charge in [-0.1, -0.05) is 0 Å². The topological polar surface area (TPSA) is 23.1 Å². The van der Waals surface area contributed by atoms with Crippen LogP contribution in [0.3, 0.4) is 0 Å². The highest BCUT2D eigenvalue weighted by Gasteiger charge is 2.48. The highest BCUT2D eigenvalue weighted by molar-refractivity contribution is 4.83. The maximum Gasteiger partial charge on any atom is 0.0896 e. The lowest BCUT2D eigenvalue weighted by Crippen LogP contribution is -2.51. The molecule has 0 bridgehead atoms. The van der Waals surface area contributed by atoms with E-state index >= 15 is 0 Å². The van der Waals surface area contributed by atoms with E-state index in [0.29, 0.717) is 18.1 Å². The lowest BCUT2D eigenvalue weighted by atomic mass is 10.1. The zero-order chi connectivity index (χ0) is 8.06. The standard InChI is InChI=1S/C9H17NO/c1-7-3-5-9-6-4-8(2)10(7,9)11/h7-9H,3-6H2,1-2H3/t7-,8+,9?,10?. The number of nitrogens with zero attached hydrogens (tertiary/aromatic N) is 1. The molecule has 0 aromatic carbocycles. The summed E-state index contributed by atoms with van der Waals surface area (Å²) >= 11 is 0. The molecule has 0 aromatic heterocycles. The summed E-state index contributed by atoms with van der Waals surface area (Å²) < 4.78 is 0.139. The Labute approximate surface area is 68.4 Å². The van der Waals surface area contributed by atoms with Crippen molar-refractivity contribution < 1.29 is 4.65 Å². The van der Waals surface area contributed by atoms with Crippen LogP contribution < -0.4 is 0 Å². The van der Waals surface area contributed by atoms with Gasteiger partial charge in [0.05, 0.1) is 18.1 Å². The molecule has 0 aromatic rings. The van der Waals surface area contributed by atoms with Gasteiger partial charge in [0.25, 0.3) is 0 Å². The van der Waals surface area contributed by atoms with Crippen molar-refractivity contribution in [2.75, 3.05) is 0 Å². The van der Waals surface area contributed by atoms with Crippen LogP contribution in [0.4, 0.5) is 0 Å². The minimum absolute atomic E-state index is 0.139. The number of rotatable bonds is 0. The van der Waals surface area contributed by atoms with E-state index < -0.39 is 0 Å². The van der Waals surface area contributed by atoms with E-state index in [1.165, 1.54) is 12.8 Å². The predicted octanol–water partition coefficient (Wildman–Crippen LogP) is 2.03. The van der Waals surface area contributed by atoms with E-state index in [4.69, 9.17) is 0 Å². The van der Waals surface area contributed by atoms with Crippen LogP contribution >= 0.6 is 0 Å². The predicted molar refractivity (Wildman–Crippen MR) is 44.8 cm³/mol. The van der Waals surface area contributed by atoms with Crippen molar-refractivity contribution in [1.82, 2.24) is 0 Å². The molecule has 0 saturated carbocycles. The first-order valence-electron chi connectivity index (χ1n) is 4.74. The molecule has 2 aliphatic rings. The molecule has 4 atom stereocenters.